The summed E-state index contributed by atoms with van der Waals surface area (Å²) in [6.45, 7) is 2.04. The van der Waals surface area contributed by atoms with Crippen LogP contribution in [0.5, 0.6) is 5.75 Å². The van der Waals surface area contributed by atoms with Gasteiger partial charge in [0, 0.05) is 5.56 Å². The summed E-state index contributed by atoms with van der Waals surface area (Å²) in [4.78, 5) is 24.3. The van der Waals surface area contributed by atoms with Crippen LogP contribution in [0.1, 0.15) is 35.7 Å². The standard InChI is InChI=1S/C20H20FNO4/c1-20(19(24)25,15-6-8-16(21)9-7-15)22-18(23)14-4-10-17(11-5-14)26-12-13-2-3-13/h4-11,13H,2-3,12H2,1H3,(H,22,23)(H,24,25). The predicted molar refractivity (Wildman–Crippen MR) is 93.5 cm³/mol. The van der Waals surface area contributed by atoms with Crippen molar-refractivity contribution < 1.29 is 23.8 Å². The molecule has 1 atom stereocenters. The van der Waals surface area contributed by atoms with Gasteiger partial charge in [0.25, 0.3) is 5.91 Å². The zero-order chi connectivity index (χ0) is 18.7. The lowest BCUT2D eigenvalue weighted by Crippen LogP contribution is -2.49. The Kier molecular flexibility index (Phi) is 4.93. The molecule has 1 amide bonds. The fourth-order valence-electron chi connectivity index (χ4n) is 2.53. The van der Waals surface area contributed by atoms with Crippen molar-refractivity contribution in [1.29, 1.82) is 0 Å². The van der Waals surface area contributed by atoms with Crippen molar-refractivity contribution in [2.75, 3.05) is 6.61 Å². The van der Waals surface area contributed by atoms with Crippen LogP contribution in [0.3, 0.4) is 0 Å². The van der Waals surface area contributed by atoms with Gasteiger partial charge in [-0.3, -0.25) is 4.79 Å². The molecule has 1 saturated carbocycles. The predicted octanol–water partition coefficient (Wildman–Crippen LogP) is 3.34. The Morgan fingerprint density at radius 1 is 1.15 bits per heavy atom. The van der Waals surface area contributed by atoms with Crippen molar-refractivity contribution in [1.82, 2.24) is 5.32 Å². The molecule has 2 aromatic carbocycles. The molecule has 0 bridgehead atoms. The van der Waals surface area contributed by atoms with Gasteiger partial charge >= 0.3 is 5.97 Å². The van der Waals surface area contributed by atoms with Crippen molar-refractivity contribution in [3.63, 3.8) is 0 Å². The number of aliphatic carboxylic acids is 1. The lowest BCUT2D eigenvalue weighted by molar-refractivity contribution is -0.144. The van der Waals surface area contributed by atoms with Crippen LogP contribution in [-0.2, 0) is 10.3 Å². The van der Waals surface area contributed by atoms with Gasteiger partial charge < -0.3 is 15.2 Å². The first-order valence-corrected chi connectivity index (χ1v) is 8.43. The second-order valence-electron chi connectivity index (χ2n) is 6.67. The highest BCUT2D eigenvalue weighted by Crippen LogP contribution is 2.29. The number of hydrogen-bond donors (Lipinski definition) is 2. The average molecular weight is 357 g/mol. The van der Waals surface area contributed by atoms with E-state index in [4.69, 9.17) is 4.74 Å². The van der Waals surface area contributed by atoms with Crippen LogP contribution in [-0.4, -0.2) is 23.6 Å². The molecule has 1 aliphatic rings. The van der Waals surface area contributed by atoms with E-state index in [1.165, 1.54) is 31.9 Å². The van der Waals surface area contributed by atoms with Gasteiger partial charge in [-0.25, -0.2) is 9.18 Å². The highest BCUT2D eigenvalue weighted by atomic mass is 19.1. The second-order valence-corrected chi connectivity index (χ2v) is 6.67. The van der Waals surface area contributed by atoms with Crippen LogP contribution in [0, 0.1) is 11.7 Å². The van der Waals surface area contributed by atoms with Gasteiger partial charge in [-0.15, -0.1) is 0 Å². The summed E-state index contributed by atoms with van der Waals surface area (Å²) in [6, 6.07) is 11.6. The van der Waals surface area contributed by atoms with Gasteiger partial charge in [-0.2, -0.15) is 0 Å². The molecule has 136 valence electrons. The van der Waals surface area contributed by atoms with Gasteiger partial charge in [-0.1, -0.05) is 12.1 Å². The number of halogens is 1. The smallest absolute Gasteiger partial charge is 0.333 e. The molecule has 0 spiro atoms. The number of nitrogens with one attached hydrogen (secondary N) is 1. The number of carbonyl (C=O) groups excluding carboxylic acids is 1. The normalized spacial score (nSPS) is 15.8. The van der Waals surface area contributed by atoms with E-state index >= 15 is 0 Å². The fraction of sp³-hybridized carbons (Fsp3) is 0.300. The zero-order valence-electron chi connectivity index (χ0n) is 14.4. The minimum atomic E-state index is -1.67. The number of hydrogen-bond acceptors (Lipinski definition) is 3. The monoisotopic (exact) mass is 357 g/mol. The molecule has 2 N–H and O–H groups in total. The molecule has 0 radical (unpaired) electrons. The highest BCUT2D eigenvalue weighted by Gasteiger charge is 2.37. The molecular formula is C20H20FNO4. The van der Waals surface area contributed by atoms with E-state index in [-0.39, 0.29) is 5.56 Å². The summed E-state index contributed by atoms with van der Waals surface area (Å²) in [5.74, 6) is -0.942. The molecule has 26 heavy (non-hydrogen) atoms. The lowest BCUT2D eigenvalue weighted by Gasteiger charge is -2.27. The second kappa shape index (κ2) is 7.15. The third kappa shape index (κ3) is 4.02. The molecule has 0 saturated heterocycles. The molecule has 3 rings (SSSR count). The fourth-order valence-corrected chi connectivity index (χ4v) is 2.53. The summed E-state index contributed by atoms with van der Waals surface area (Å²) in [6.07, 6.45) is 2.38. The summed E-state index contributed by atoms with van der Waals surface area (Å²) in [7, 11) is 0. The number of benzene rings is 2. The Hall–Kier alpha value is -2.89. The van der Waals surface area contributed by atoms with Gasteiger partial charge in [0.1, 0.15) is 11.6 Å². The summed E-state index contributed by atoms with van der Waals surface area (Å²) in [5.41, 5.74) is -1.08. The maximum absolute atomic E-state index is 13.1. The molecular weight excluding hydrogens is 337 g/mol. The van der Waals surface area contributed by atoms with E-state index in [0.717, 1.165) is 12.1 Å². The number of carbonyl (C=O) groups is 2. The van der Waals surface area contributed by atoms with Crippen molar-refractivity contribution in [2.45, 2.75) is 25.3 Å². The van der Waals surface area contributed by atoms with E-state index in [1.54, 1.807) is 24.3 Å². The Morgan fingerprint density at radius 2 is 1.77 bits per heavy atom. The van der Waals surface area contributed by atoms with Crippen LogP contribution < -0.4 is 10.1 Å². The van der Waals surface area contributed by atoms with E-state index in [0.29, 0.717) is 23.8 Å². The maximum atomic E-state index is 13.1. The molecule has 0 heterocycles. The van der Waals surface area contributed by atoms with E-state index in [1.807, 2.05) is 0 Å². The third-order valence-corrected chi connectivity index (χ3v) is 4.51. The van der Waals surface area contributed by atoms with Crippen LogP contribution in [0.15, 0.2) is 48.5 Å². The van der Waals surface area contributed by atoms with Gasteiger partial charge in [0.15, 0.2) is 5.54 Å². The number of carboxylic acid groups (broad SMARTS) is 1. The van der Waals surface area contributed by atoms with Crippen molar-refractivity contribution in [3.8, 4) is 5.75 Å². The number of ether oxygens (including phenoxy) is 1. The third-order valence-electron chi connectivity index (χ3n) is 4.51. The molecule has 0 aliphatic heterocycles. The van der Waals surface area contributed by atoms with Crippen LogP contribution in [0.4, 0.5) is 4.39 Å². The Labute approximate surface area is 150 Å². The van der Waals surface area contributed by atoms with Crippen LogP contribution in [0.2, 0.25) is 0 Å². The van der Waals surface area contributed by atoms with Crippen molar-refractivity contribution in [2.24, 2.45) is 5.92 Å². The first-order valence-electron chi connectivity index (χ1n) is 8.43. The largest absolute Gasteiger partial charge is 0.493 e. The number of amides is 1. The Bertz CT molecular complexity index is 800. The van der Waals surface area contributed by atoms with Crippen molar-refractivity contribution in [3.05, 3.63) is 65.5 Å². The molecule has 2 aromatic rings. The maximum Gasteiger partial charge on any atom is 0.333 e. The number of carboxylic acids is 1. The highest BCUT2D eigenvalue weighted by molar-refractivity contribution is 5.98. The molecule has 0 aromatic heterocycles. The molecule has 1 unspecified atom stereocenters. The molecule has 6 heteroatoms. The Morgan fingerprint density at radius 3 is 2.31 bits per heavy atom. The van der Waals surface area contributed by atoms with E-state index in [2.05, 4.69) is 5.32 Å². The number of rotatable bonds is 7. The Balaban J connectivity index is 1.72. The van der Waals surface area contributed by atoms with Gasteiger partial charge in [0.2, 0.25) is 0 Å². The zero-order valence-corrected chi connectivity index (χ0v) is 14.4. The summed E-state index contributed by atoms with van der Waals surface area (Å²) in [5, 5.41) is 12.1. The first-order chi connectivity index (χ1) is 12.4. The van der Waals surface area contributed by atoms with E-state index < -0.39 is 23.2 Å². The minimum absolute atomic E-state index is 0.282. The first kappa shape index (κ1) is 17.9. The van der Waals surface area contributed by atoms with Gasteiger partial charge in [0.05, 0.1) is 6.61 Å². The van der Waals surface area contributed by atoms with Crippen molar-refractivity contribution >= 4 is 11.9 Å². The quantitative estimate of drug-likeness (QED) is 0.797. The molecule has 1 fully saturated rings. The lowest BCUT2D eigenvalue weighted by atomic mass is 9.91. The topological polar surface area (TPSA) is 75.6 Å². The van der Waals surface area contributed by atoms with E-state index in [9.17, 15) is 19.1 Å². The average Bonchev–Trinajstić information content (AvgIpc) is 3.45. The summed E-state index contributed by atoms with van der Waals surface area (Å²) >= 11 is 0. The minimum Gasteiger partial charge on any atom is -0.493 e. The molecule has 1 aliphatic carbocycles. The molecule has 5 nitrogen and oxygen atoms in total. The van der Waals surface area contributed by atoms with Crippen LogP contribution in [0.25, 0.3) is 0 Å². The SMILES string of the molecule is CC(NC(=O)c1ccc(OCC2CC2)cc1)(C(=O)O)c1ccc(F)cc1. The van der Waals surface area contributed by atoms with Crippen LogP contribution >= 0.6 is 0 Å². The van der Waals surface area contributed by atoms with Gasteiger partial charge in [-0.05, 0) is 67.6 Å². The summed E-state index contributed by atoms with van der Waals surface area (Å²) < 4.78 is 18.7.